The maximum absolute atomic E-state index is 11.9. The van der Waals surface area contributed by atoms with Crippen molar-refractivity contribution < 1.29 is 4.79 Å². The van der Waals surface area contributed by atoms with Crippen molar-refractivity contribution in [2.45, 2.75) is 39.8 Å². The highest BCUT2D eigenvalue weighted by Gasteiger charge is 2.16. The smallest absolute Gasteiger partial charge is 0.236 e. The van der Waals surface area contributed by atoms with Gasteiger partial charge in [0.15, 0.2) is 0 Å². The third kappa shape index (κ3) is 5.74. The van der Waals surface area contributed by atoms with Crippen LogP contribution in [-0.4, -0.2) is 18.5 Å². The van der Waals surface area contributed by atoms with E-state index >= 15 is 0 Å². The molecular weight excluding hydrogens is 304 g/mol. The third-order valence-corrected chi connectivity index (χ3v) is 3.48. The molecule has 0 heterocycles. The van der Waals surface area contributed by atoms with Gasteiger partial charge in [0.2, 0.25) is 5.91 Å². The molecule has 1 rings (SSSR count). The predicted octanol–water partition coefficient (Wildman–Crippen LogP) is 3.26. The minimum atomic E-state index is -0.197. The van der Waals surface area contributed by atoms with Gasteiger partial charge in [-0.05, 0) is 37.5 Å². The van der Waals surface area contributed by atoms with Crippen LogP contribution >= 0.6 is 15.9 Å². The highest BCUT2D eigenvalue weighted by Crippen LogP contribution is 2.16. The number of carbonyl (C=O) groups is 1. The summed E-state index contributed by atoms with van der Waals surface area (Å²) in [7, 11) is 0. The fourth-order valence-corrected chi connectivity index (χ4v) is 2.02. The average Bonchev–Trinajstić information content (AvgIpc) is 2.36. The summed E-state index contributed by atoms with van der Waals surface area (Å²) in [6.45, 7) is 8.85. The van der Waals surface area contributed by atoms with Crippen molar-refractivity contribution in [3.8, 4) is 0 Å². The summed E-state index contributed by atoms with van der Waals surface area (Å²) < 4.78 is 1.06. The summed E-state index contributed by atoms with van der Waals surface area (Å²) >= 11 is 3.42. The molecule has 0 aromatic heterocycles. The van der Waals surface area contributed by atoms with Gasteiger partial charge in [-0.25, -0.2) is 0 Å². The standard InChI is InChI=1S/C15H23BrN2O/c1-10(2)9-17-15(19)12(4)18-11(3)13-5-7-14(16)8-6-13/h5-8,10-12,18H,9H2,1-4H3,(H,17,19)/t11-,12?/m1/s1. The highest BCUT2D eigenvalue weighted by atomic mass is 79.9. The maximum Gasteiger partial charge on any atom is 0.236 e. The van der Waals surface area contributed by atoms with Crippen LogP contribution in [0.15, 0.2) is 28.7 Å². The fraction of sp³-hybridized carbons (Fsp3) is 0.533. The topological polar surface area (TPSA) is 41.1 Å². The monoisotopic (exact) mass is 326 g/mol. The summed E-state index contributed by atoms with van der Waals surface area (Å²) in [6, 6.07) is 8.08. The minimum Gasteiger partial charge on any atom is -0.354 e. The second-order valence-corrected chi connectivity index (χ2v) is 6.22. The van der Waals surface area contributed by atoms with Gasteiger partial charge in [-0.15, -0.1) is 0 Å². The molecule has 0 aliphatic carbocycles. The van der Waals surface area contributed by atoms with Crippen LogP contribution in [-0.2, 0) is 4.79 Å². The minimum absolute atomic E-state index is 0.0534. The molecule has 1 aromatic carbocycles. The van der Waals surface area contributed by atoms with Crippen LogP contribution in [0.3, 0.4) is 0 Å². The zero-order valence-electron chi connectivity index (χ0n) is 12.0. The van der Waals surface area contributed by atoms with E-state index in [-0.39, 0.29) is 18.0 Å². The number of rotatable bonds is 6. The second-order valence-electron chi connectivity index (χ2n) is 5.30. The molecule has 0 spiro atoms. The Hall–Kier alpha value is -0.870. The molecule has 0 saturated carbocycles. The van der Waals surface area contributed by atoms with Crippen molar-refractivity contribution in [2.24, 2.45) is 5.92 Å². The van der Waals surface area contributed by atoms with E-state index in [2.05, 4.69) is 59.5 Å². The molecular formula is C15H23BrN2O. The van der Waals surface area contributed by atoms with Crippen LogP contribution in [0, 0.1) is 5.92 Å². The SMILES string of the molecule is CC(C)CNC(=O)C(C)N[C@H](C)c1ccc(Br)cc1. The molecule has 3 nitrogen and oxygen atoms in total. The summed E-state index contributed by atoms with van der Waals surface area (Å²) in [6.07, 6.45) is 0. The van der Waals surface area contributed by atoms with Crippen molar-refractivity contribution in [2.75, 3.05) is 6.54 Å². The Bertz CT molecular complexity index is 403. The molecule has 19 heavy (non-hydrogen) atoms. The van der Waals surface area contributed by atoms with E-state index in [0.717, 1.165) is 11.0 Å². The number of carbonyl (C=O) groups excluding carboxylic acids is 1. The largest absolute Gasteiger partial charge is 0.354 e. The van der Waals surface area contributed by atoms with E-state index in [1.54, 1.807) is 0 Å². The second kappa shape index (κ2) is 7.65. The van der Waals surface area contributed by atoms with Crippen LogP contribution in [0.4, 0.5) is 0 Å². The van der Waals surface area contributed by atoms with E-state index < -0.39 is 0 Å². The molecule has 0 bridgehead atoms. The maximum atomic E-state index is 11.9. The highest BCUT2D eigenvalue weighted by molar-refractivity contribution is 9.10. The van der Waals surface area contributed by atoms with Gasteiger partial charge in [0.25, 0.3) is 0 Å². The normalized spacial score (nSPS) is 14.2. The first-order valence-electron chi connectivity index (χ1n) is 6.69. The van der Waals surface area contributed by atoms with Gasteiger partial charge in [0.05, 0.1) is 6.04 Å². The molecule has 0 aliphatic heterocycles. The fourth-order valence-electron chi connectivity index (χ4n) is 1.76. The first-order chi connectivity index (χ1) is 8.90. The van der Waals surface area contributed by atoms with E-state index in [1.165, 1.54) is 5.56 Å². The lowest BCUT2D eigenvalue weighted by molar-refractivity contribution is -0.123. The number of nitrogens with one attached hydrogen (secondary N) is 2. The lowest BCUT2D eigenvalue weighted by Crippen LogP contribution is -2.44. The predicted molar refractivity (Wildman–Crippen MR) is 83.0 cm³/mol. The van der Waals surface area contributed by atoms with Gasteiger partial charge >= 0.3 is 0 Å². The van der Waals surface area contributed by atoms with Gasteiger partial charge in [-0.1, -0.05) is 41.9 Å². The van der Waals surface area contributed by atoms with Gasteiger partial charge in [0.1, 0.15) is 0 Å². The number of benzene rings is 1. The van der Waals surface area contributed by atoms with Crippen molar-refractivity contribution in [3.05, 3.63) is 34.3 Å². The summed E-state index contributed by atoms with van der Waals surface area (Å²) in [5.74, 6) is 0.526. The van der Waals surface area contributed by atoms with Crippen molar-refractivity contribution >= 4 is 21.8 Å². The summed E-state index contributed by atoms with van der Waals surface area (Å²) in [4.78, 5) is 11.9. The molecule has 0 fully saturated rings. The Morgan fingerprint density at radius 2 is 1.74 bits per heavy atom. The van der Waals surface area contributed by atoms with Crippen LogP contribution in [0.2, 0.25) is 0 Å². The molecule has 2 atom stereocenters. The lowest BCUT2D eigenvalue weighted by atomic mass is 10.1. The Morgan fingerprint density at radius 3 is 2.26 bits per heavy atom. The quantitative estimate of drug-likeness (QED) is 0.842. The molecule has 106 valence electrons. The molecule has 1 unspecified atom stereocenters. The van der Waals surface area contributed by atoms with Gasteiger partial charge in [0, 0.05) is 17.1 Å². The summed E-state index contributed by atoms with van der Waals surface area (Å²) in [5.41, 5.74) is 1.17. The Balaban J connectivity index is 2.49. The van der Waals surface area contributed by atoms with E-state index in [4.69, 9.17) is 0 Å². The number of hydrogen-bond donors (Lipinski definition) is 2. The number of halogens is 1. The molecule has 1 amide bonds. The Morgan fingerprint density at radius 1 is 1.16 bits per heavy atom. The summed E-state index contributed by atoms with van der Waals surface area (Å²) in [5, 5.41) is 6.25. The zero-order chi connectivity index (χ0) is 14.4. The Labute approximate surface area is 124 Å². The lowest BCUT2D eigenvalue weighted by Gasteiger charge is -2.20. The average molecular weight is 327 g/mol. The molecule has 2 N–H and O–H groups in total. The van der Waals surface area contributed by atoms with Crippen molar-refractivity contribution in [1.82, 2.24) is 10.6 Å². The molecule has 0 saturated heterocycles. The van der Waals surface area contributed by atoms with Crippen molar-refractivity contribution in [1.29, 1.82) is 0 Å². The van der Waals surface area contributed by atoms with Crippen LogP contribution in [0.1, 0.15) is 39.3 Å². The van der Waals surface area contributed by atoms with Gasteiger partial charge in [-0.2, -0.15) is 0 Å². The zero-order valence-corrected chi connectivity index (χ0v) is 13.6. The van der Waals surface area contributed by atoms with E-state index in [9.17, 15) is 4.79 Å². The molecule has 0 aliphatic rings. The number of amides is 1. The van der Waals surface area contributed by atoms with Crippen LogP contribution in [0.25, 0.3) is 0 Å². The van der Waals surface area contributed by atoms with Gasteiger partial charge in [-0.3, -0.25) is 10.1 Å². The molecule has 4 heteroatoms. The molecule has 1 aromatic rings. The van der Waals surface area contributed by atoms with Crippen LogP contribution < -0.4 is 10.6 Å². The first kappa shape index (κ1) is 16.2. The molecule has 0 radical (unpaired) electrons. The van der Waals surface area contributed by atoms with Crippen molar-refractivity contribution in [3.63, 3.8) is 0 Å². The van der Waals surface area contributed by atoms with Crippen LogP contribution in [0.5, 0.6) is 0 Å². The van der Waals surface area contributed by atoms with E-state index in [0.29, 0.717) is 5.92 Å². The number of hydrogen-bond acceptors (Lipinski definition) is 2. The first-order valence-corrected chi connectivity index (χ1v) is 7.48. The Kier molecular flexibility index (Phi) is 6.52. The third-order valence-electron chi connectivity index (χ3n) is 2.95. The van der Waals surface area contributed by atoms with Gasteiger partial charge < -0.3 is 5.32 Å². The van der Waals surface area contributed by atoms with E-state index in [1.807, 2.05) is 19.1 Å².